The second-order valence-electron chi connectivity index (χ2n) is 6.23. The van der Waals surface area contributed by atoms with E-state index in [2.05, 4.69) is 23.9 Å². The highest BCUT2D eigenvalue weighted by Gasteiger charge is 2.42. The highest BCUT2D eigenvalue weighted by atomic mass is 16.5. The number of rotatable bonds is 7. The molecule has 2 N–H and O–H groups in total. The van der Waals surface area contributed by atoms with Crippen molar-refractivity contribution in [3.05, 3.63) is 0 Å². The first-order chi connectivity index (χ1) is 9.80. The molecule has 0 unspecified atom stereocenters. The van der Waals surface area contributed by atoms with Gasteiger partial charge in [0.1, 0.15) is 6.04 Å². The van der Waals surface area contributed by atoms with Gasteiger partial charge >= 0.3 is 11.9 Å². The fourth-order valence-electron chi connectivity index (χ4n) is 3.12. The van der Waals surface area contributed by atoms with Crippen LogP contribution in [0, 0.1) is 11.3 Å². The standard InChI is InChI=1S/C15H25NO5/c1-10(2)9-15(6-4-5-7-15)14(20)16-11(13(18)19)8-12(17)21-3/h10-11H,4-9H2,1-3H3,(H,16,20)(H,18,19)/t11-/m0/s1. The van der Waals surface area contributed by atoms with Gasteiger partial charge in [-0.15, -0.1) is 0 Å². The van der Waals surface area contributed by atoms with Gasteiger partial charge in [0.05, 0.1) is 13.5 Å². The van der Waals surface area contributed by atoms with Crippen LogP contribution in [0.1, 0.15) is 52.4 Å². The lowest BCUT2D eigenvalue weighted by atomic mass is 9.77. The Morgan fingerprint density at radius 1 is 1.24 bits per heavy atom. The van der Waals surface area contributed by atoms with Crippen LogP contribution >= 0.6 is 0 Å². The summed E-state index contributed by atoms with van der Waals surface area (Å²) in [5.74, 6) is -1.75. The molecule has 0 saturated heterocycles. The van der Waals surface area contributed by atoms with Crippen molar-refractivity contribution >= 4 is 17.8 Å². The lowest BCUT2D eigenvalue weighted by Crippen LogP contribution is -2.49. The highest BCUT2D eigenvalue weighted by molar-refractivity contribution is 5.90. The number of hydrogen-bond donors (Lipinski definition) is 2. The van der Waals surface area contributed by atoms with E-state index in [0.29, 0.717) is 5.92 Å². The second-order valence-corrected chi connectivity index (χ2v) is 6.23. The number of carboxylic acid groups (broad SMARTS) is 1. The number of carbonyl (C=O) groups excluding carboxylic acids is 2. The molecule has 0 aromatic rings. The van der Waals surface area contributed by atoms with Crippen molar-refractivity contribution in [2.75, 3.05) is 7.11 Å². The fraction of sp³-hybridized carbons (Fsp3) is 0.800. The molecule has 0 radical (unpaired) electrons. The van der Waals surface area contributed by atoms with Crippen molar-refractivity contribution < 1.29 is 24.2 Å². The molecule has 1 atom stereocenters. The number of hydrogen-bond acceptors (Lipinski definition) is 4. The zero-order chi connectivity index (χ0) is 16.0. The normalized spacial score (nSPS) is 18.3. The summed E-state index contributed by atoms with van der Waals surface area (Å²) in [4.78, 5) is 35.0. The quantitative estimate of drug-likeness (QED) is 0.698. The maximum absolute atomic E-state index is 12.6. The average Bonchev–Trinajstić information content (AvgIpc) is 2.86. The summed E-state index contributed by atoms with van der Waals surface area (Å²) in [7, 11) is 1.19. The second kappa shape index (κ2) is 7.43. The van der Waals surface area contributed by atoms with Crippen molar-refractivity contribution in [2.24, 2.45) is 11.3 Å². The van der Waals surface area contributed by atoms with E-state index < -0.39 is 23.4 Å². The van der Waals surface area contributed by atoms with Gasteiger partial charge in [-0.05, 0) is 25.2 Å². The molecule has 6 nitrogen and oxygen atoms in total. The molecule has 0 aromatic heterocycles. The molecule has 1 fully saturated rings. The van der Waals surface area contributed by atoms with Gasteiger partial charge in [-0.1, -0.05) is 26.7 Å². The van der Waals surface area contributed by atoms with Crippen molar-refractivity contribution in [2.45, 2.75) is 58.4 Å². The Labute approximate surface area is 125 Å². The first-order valence-corrected chi connectivity index (χ1v) is 7.41. The smallest absolute Gasteiger partial charge is 0.326 e. The molecule has 0 aliphatic heterocycles. The third-order valence-corrected chi connectivity index (χ3v) is 4.04. The summed E-state index contributed by atoms with van der Waals surface area (Å²) in [6, 6.07) is -1.23. The van der Waals surface area contributed by atoms with Crippen LogP contribution in [0.4, 0.5) is 0 Å². The maximum atomic E-state index is 12.6. The number of aliphatic carboxylic acids is 1. The largest absolute Gasteiger partial charge is 0.480 e. The molecule has 1 amide bonds. The molecule has 0 bridgehead atoms. The summed E-state index contributed by atoms with van der Waals surface area (Å²) in [6.07, 6.45) is 3.91. The predicted octanol–water partition coefficient (Wildman–Crippen LogP) is 1.73. The van der Waals surface area contributed by atoms with Gasteiger partial charge < -0.3 is 15.2 Å². The Hall–Kier alpha value is -1.59. The number of methoxy groups -OCH3 is 1. The lowest BCUT2D eigenvalue weighted by Gasteiger charge is -2.30. The van der Waals surface area contributed by atoms with Crippen LogP contribution in [0.5, 0.6) is 0 Å². The zero-order valence-corrected chi connectivity index (χ0v) is 13.0. The molecule has 1 rings (SSSR count). The van der Waals surface area contributed by atoms with Crippen LogP contribution in [-0.4, -0.2) is 36.1 Å². The number of esters is 1. The van der Waals surface area contributed by atoms with Crippen molar-refractivity contribution in [1.29, 1.82) is 0 Å². The summed E-state index contributed by atoms with van der Waals surface area (Å²) in [5, 5.41) is 11.7. The van der Waals surface area contributed by atoms with Crippen LogP contribution in [0.25, 0.3) is 0 Å². The van der Waals surface area contributed by atoms with E-state index in [1.54, 1.807) is 0 Å². The van der Waals surface area contributed by atoms with Crippen LogP contribution in [-0.2, 0) is 19.1 Å². The van der Waals surface area contributed by atoms with Crippen LogP contribution in [0.15, 0.2) is 0 Å². The molecule has 0 heterocycles. The van der Waals surface area contributed by atoms with E-state index in [-0.39, 0.29) is 12.3 Å². The van der Waals surface area contributed by atoms with Crippen molar-refractivity contribution in [3.8, 4) is 0 Å². The molecule has 120 valence electrons. The molecule has 6 heteroatoms. The Kier molecular flexibility index (Phi) is 6.18. The van der Waals surface area contributed by atoms with Gasteiger partial charge in [0.25, 0.3) is 0 Å². The van der Waals surface area contributed by atoms with Crippen LogP contribution < -0.4 is 5.32 Å². The van der Waals surface area contributed by atoms with E-state index in [1.807, 2.05) is 0 Å². The number of ether oxygens (including phenoxy) is 1. The minimum absolute atomic E-state index is 0.245. The fourth-order valence-corrected chi connectivity index (χ4v) is 3.12. The monoisotopic (exact) mass is 299 g/mol. The molecular formula is C15H25NO5. The van der Waals surface area contributed by atoms with E-state index in [9.17, 15) is 14.4 Å². The Bertz CT molecular complexity index is 399. The first-order valence-electron chi connectivity index (χ1n) is 7.41. The van der Waals surface area contributed by atoms with Gasteiger partial charge in [0.2, 0.25) is 5.91 Å². The van der Waals surface area contributed by atoms with Crippen LogP contribution in [0.3, 0.4) is 0 Å². The Balaban J connectivity index is 2.78. The molecule has 1 aliphatic carbocycles. The predicted molar refractivity (Wildman–Crippen MR) is 76.6 cm³/mol. The SMILES string of the molecule is COC(=O)C[C@H](NC(=O)C1(CC(C)C)CCCC1)C(=O)O. The van der Waals surface area contributed by atoms with Crippen molar-refractivity contribution in [3.63, 3.8) is 0 Å². The number of nitrogens with one attached hydrogen (secondary N) is 1. The van der Waals surface area contributed by atoms with Gasteiger partial charge in [0.15, 0.2) is 0 Å². The molecule has 21 heavy (non-hydrogen) atoms. The van der Waals surface area contributed by atoms with E-state index in [1.165, 1.54) is 7.11 Å². The Morgan fingerprint density at radius 2 is 1.81 bits per heavy atom. The van der Waals surface area contributed by atoms with Gasteiger partial charge in [0, 0.05) is 5.41 Å². The molecular weight excluding hydrogens is 274 g/mol. The summed E-state index contributed by atoms with van der Waals surface area (Å²) in [6.45, 7) is 4.10. The third kappa shape index (κ3) is 4.72. The summed E-state index contributed by atoms with van der Waals surface area (Å²) < 4.78 is 4.47. The Morgan fingerprint density at radius 3 is 2.24 bits per heavy atom. The molecule has 0 spiro atoms. The van der Waals surface area contributed by atoms with Gasteiger partial charge in [-0.2, -0.15) is 0 Å². The minimum Gasteiger partial charge on any atom is -0.480 e. The minimum atomic E-state index is -1.23. The lowest BCUT2D eigenvalue weighted by molar-refractivity contribution is -0.150. The first kappa shape index (κ1) is 17.5. The van der Waals surface area contributed by atoms with E-state index in [0.717, 1.165) is 32.1 Å². The third-order valence-electron chi connectivity index (χ3n) is 4.04. The van der Waals surface area contributed by atoms with E-state index in [4.69, 9.17) is 5.11 Å². The molecule has 1 aliphatic rings. The number of carbonyl (C=O) groups is 3. The average molecular weight is 299 g/mol. The van der Waals surface area contributed by atoms with Crippen LogP contribution in [0.2, 0.25) is 0 Å². The zero-order valence-electron chi connectivity index (χ0n) is 13.0. The van der Waals surface area contributed by atoms with Crippen molar-refractivity contribution in [1.82, 2.24) is 5.32 Å². The van der Waals surface area contributed by atoms with Gasteiger partial charge in [-0.3, -0.25) is 9.59 Å². The van der Waals surface area contributed by atoms with Gasteiger partial charge in [-0.25, -0.2) is 4.79 Å². The summed E-state index contributed by atoms with van der Waals surface area (Å²) >= 11 is 0. The number of amides is 1. The molecule has 0 aromatic carbocycles. The molecule has 1 saturated carbocycles. The topological polar surface area (TPSA) is 92.7 Å². The number of carboxylic acids is 1. The van der Waals surface area contributed by atoms with E-state index >= 15 is 0 Å². The summed E-state index contributed by atoms with van der Waals surface area (Å²) in [5.41, 5.74) is -0.488. The highest BCUT2D eigenvalue weighted by Crippen LogP contribution is 2.43. The maximum Gasteiger partial charge on any atom is 0.326 e.